The molecule has 108 valence electrons. The Morgan fingerprint density at radius 3 is 2.35 bits per heavy atom. The number of benzene rings is 1. The molecule has 1 aromatic carbocycles. The van der Waals surface area contributed by atoms with Crippen LogP contribution in [0, 0.1) is 6.92 Å². The van der Waals surface area contributed by atoms with Crippen molar-refractivity contribution in [3.05, 3.63) is 60.7 Å². The third kappa shape index (κ3) is 5.02. The standard InChI is InChI=1S/C17H24N2O/c1-5-11-19(12-6-2)14-17(20)18(4)13-16-10-8-7-9-15(16)3/h5-10H,1-2,11-14H2,3-4H3. The van der Waals surface area contributed by atoms with Gasteiger partial charge in [0.15, 0.2) is 0 Å². The van der Waals surface area contributed by atoms with Gasteiger partial charge in [0.25, 0.3) is 0 Å². The summed E-state index contributed by atoms with van der Waals surface area (Å²) in [7, 11) is 1.84. The molecule has 0 heterocycles. The van der Waals surface area contributed by atoms with E-state index in [0.717, 1.165) is 0 Å². The summed E-state index contributed by atoms with van der Waals surface area (Å²) in [4.78, 5) is 16.0. The fourth-order valence-electron chi connectivity index (χ4n) is 2.01. The van der Waals surface area contributed by atoms with Gasteiger partial charge < -0.3 is 4.90 Å². The Morgan fingerprint density at radius 1 is 1.20 bits per heavy atom. The molecule has 0 aliphatic rings. The SMILES string of the molecule is C=CCN(CC=C)CC(=O)N(C)Cc1ccccc1C. The summed E-state index contributed by atoms with van der Waals surface area (Å²) in [5.74, 6) is 0.108. The predicted molar refractivity (Wildman–Crippen MR) is 84.5 cm³/mol. The Bertz CT molecular complexity index is 458. The fraction of sp³-hybridized carbons (Fsp3) is 0.353. The number of hydrogen-bond acceptors (Lipinski definition) is 2. The lowest BCUT2D eigenvalue weighted by atomic mass is 10.1. The molecule has 0 radical (unpaired) electrons. The molecule has 1 aromatic rings. The molecular formula is C17H24N2O. The summed E-state index contributed by atoms with van der Waals surface area (Å²) >= 11 is 0. The first-order valence-electron chi connectivity index (χ1n) is 6.81. The zero-order valence-corrected chi connectivity index (χ0v) is 12.5. The summed E-state index contributed by atoms with van der Waals surface area (Å²) in [5, 5.41) is 0. The van der Waals surface area contributed by atoms with Crippen LogP contribution in [0.4, 0.5) is 0 Å². The zero-order chi connectivity index (χ0) is 15.0. The van der Waals surface area contributed by atoms with E-state index in [9.17, 15) is 4.79 Å². The topological polar surface area (TPSA) is 23.6 Å². The molecule has 0 atom stereocenters. The summed E-state index contributed by atoms with van der Waals surface area (Å²) < 4.78 is 0. The molecule has 0 aliphatic heterocycles. The van der Waals surface area contributed by atoms with Gasteiger partial charge in [0.05, 0.1) is 6.54 Å². The highest BCUT2D eigenvalue weighted by molar-refractivity contribution is 5.78. The Balaban J connectivity index is 2.60. The van der Waals surface area contributed by atoms with Crippen LogP contribution in [0.2, 0.25) is 0 Å². The summed E-state index contributed by atoms with van der Waals surface area (Å²) in [6, 6.07) is 8.14. The molecular weight excluding hydrogens is 248 g/mol. The number of amides is 1. The van der Waals surface area contributed by atoms with Gasteiger partial charge in [-0.3, -0.25) is 9.69 Å². The average Bonchev–Trinajstić information content (AvgIpc) is 2.41. The van der Waals surface area contributed by atoms with E-state index in [2.05, 4.69) is 32.2 Å². The van der Waals surface area contributed by atoms with Crippen LogP contribution in [-0.2, 0) is 11.3 Å². The first-order valence-corrected chi connectivity index (χ1v) is 6.81. The minimum Gasteiger partial charge on any atom is -0.340 e. The van der Waals surface area contributed by atoms with Crippen molar-refractivity contribution in [2.45, 2.75) is 13.5 Å². The van der Waals surface area contributed by atoms with Crippen LogP contribution in [0.3, 0.4) is 0 Å². The van der Waals surface area contributed by atoms with Gasteiger partial charge >= 0.3 is 0 Å². The van der Waals surface area contributed by atoms with Gasteiger partial charge in [0.1, 0.15) is 0 Å². The van der Waals surface area contributed by atoms with Gasteiger partial charge in [-0.2, -0.15) is 0 Å². The molecule has 0 unspecified atom stereocenters. The lowest BCUT2D eigenvalue weighted by Crippen LogP contribution is -2.38. The Morgan fingerprint density at radius 2 is 1.80 bits per heavy atom. The van der Waals surface area contributed by atoms with Crippen molar-refractivity contribution in [2.24, 2.45) is 0 Å². The van der Waals surface area contributed by atoms with Crippen LogP contribution in [-0.4, -0.2) is 42.4 Å². The van der Waals surface area contributed by atoms with Crippen LogP contribution in [0.5, 0.6) is 0 Å². The highest BCUT2D eigenvalue weighted by atomic mass is 16.2. The molecule has 0 spiro atoms. The van der Waals surface area contributed by atoms with Gasteiger partial charge in [-0.15, -0.1) is 13.2 Å². The molecule has 0 aromatic heterocycles. The molecule has 1 rings (SSSR count). The molecule has 0 bridgehead atoms. The van der Waals surface area contributed by atoms with Gasteiger partial charge in [0.2, 0.25) is 5.91 Å². The van der Waals surface area contributed by atoms with E-state index in [0.29, 0.717) is 26.2 Å². The first kappa shape index (κ1) is 16.2. The van der Waals surface area contributed by atoms with Crippen molar-refractivity contribution in [1.82, 2.24) is 9.80 Å². The van der Waals surface area contributed by atoms with Crippen molar-refractivity contribution in [2.75, 3.05) is 26.7 Å². The van der Waals surface area contributed by atoms with E-state index < -0.39 is 0 Å². The third-order valence-corrected chi connectivity index (χ3v) is 3.23. The molecule has 0 saturated carbocycles. The number of carbonyl (C=O) groups excluding carboxylic acids is 1. The monoisotopic (exact) mass is 272 g/mol. The number of rotatable bonds is 8. The predicted octanol–water partition coefficient (Wildman–Crippen LogP) is 2.63. The molecule has 0 fully saturated rings. The van der Waals surface area contributed by atoms with E-state index in [1.807, 2.05) is 24.1 Å². The van der Waals surface area contributed by atoms with Crippen molar-refractivity contribution in [3.8, 4) is 0 Å². The zero-order valence-electron chi connectivity index (χ0n) is 12.5. The van der Waals surface area contributed by atoms with Crippen LogP contribution < -0.4 is 0 Å². The van der Waals surface area contributed by atoms with Crippen LogP contribution in [0.1, 0.15) is 11.1 Å². The van der Waals surface area contributed by atoms with Gasteiger partial charge in [-0.25, -0.2) is 0 Å². The van der Waals surface area contributed by atoms with Gasteiger partial charge in [-0.1, -0.05) is 36.4 Å². The molecule has 0 saturated heterocycles. The first-order chi connectivity index (χ1) is 9.58. The highest BCUT2D eigenvalue weighted by Crippen LogP contribution is 2.09. The Kier molecular flexibility index (Phi) is 6.74. The largest absolute Gasteiger partial charge is 0.340 e. The summed E-state index contributed by atoms with van der Waals surface area (Å²) in [5.41, 5.74) is 2.39. The van der Waals surface area contributed by atoms with E-state index in [1.54, 1.807) is 17.1 Å². The quantitative estimate of drug-likeness (QED) is 0.679. The molecule has 0 aliphatic carbocycles. The number of carbonyl (C=O) groups is 1. The van der Waals surface area contributed by atoms with Gasteiger partial charge in [-0.05, 0) is 18.1 Å². The number of nitrogens with zero attached hydrogens (tertiary/aromatic N) is 2. The maximum absolute atomic E-state index is 12.2. The molecule has 3 heteroatoms. The van der Waals surface area contributed by atoms with E-state index >= 15 is 0 Å². The minimum atomic E-state index is 0.108. The second-order valence-electron chi connectivity index (χ2n) is 4.95. The number of hydrogen-bond donors (Lipinski definition) is 0. The van der Waals surface area contributed by atoms with E-state index in [-0.39, 0.29) is 5.91 Å². The van der Waals surface area contributed by atoms with Gasteiger partial charge in [0, 0.05) is 26.7 Å². The molecule has 3 nitrogen and oxygen atoms in total. The normalized spacial score (nSPS) is 10.3. The maximum Gasteiger partial charge on any atom is 0.236 e. The minimum absolute atomic E-state index is 0.108. The maximum atomic E-state index is 12.2. The van der Waals surface area contributed by atoms with E-state index in [4.69, 9.17) is 0 Å². The van der Waals surface area contributed by atoms with E-state index in [1.165, 1.54) is 11.1 Å². The summed E-state index contributed by atoms with van der Waals surface area (Å²) in [6.07, 6.45) is 3.61. The Labute approximate surface area is 122 Å². The molecule has 1 amide bonds. The third-order valence-electron chi connectivity index (χ3n) is 3.23. The Hall–Kier alpha value is -1.87. The smallest absolute Gasteiger partial charge is 0.236 e. The average molecular weight is 272 g/mol. The fourth-order valence-corrected chi connectivity index (χ4v) is 2.01. The molecule has 20 heavy (non-hydrogen) atoms. The van der Waals surface area contributed by atoms with Crippen molar-refractivity contribution >= 4 is 5.91 Å². The highest BCUT2D eigenvalue weighted by Gasteiger charge is 2.13. The van der Waals surface area contributed by atoms with Crippen LogP contribution in [0.25, 0.3) is 0 Å². The van der Waals surface area contributed by atoms with Crippen molar-refractivity contribution in [3.63, 3.8) is 0 Å². The van der Waals surface area contributed by atoms with Crippen LogP contribution in [0.15, 0.2) is 49.6 Å². The summed E-state index contributed by atoms with van der Waals surface area (Å²) in [6.45, 7) is 11.9. The lowest BCUT2D eigenvalue weighted by molar-refractivity contribution is -0.131. The second kappa shape index (κ2) is 8.33. The van der Waals surface area contributed by atoms with Crippen molar-refractivity contribution in [1.29, 1.82) is 0 Å². The van der Waals surface area contributed by atoms with Crippen LogP contribution >= 0.6 is 0 Å². The number of aryl methyl sites for hydroxylation is 1. The second-order valence-corrected chi connectivity index (χ2v) is 4.95. The van der Waals surface area contributed by atoms with Crippen molar-refractivity contribution < 1.29 is 4.79 Å². The lowest BCUT2D eigenvalue weighted by Gasteiger charge is -2.23. The molecule has 0 N–H and O–H groups in total. The number of likely N-dealkylation sites (N-methyl/N-ethyl adjacent to an activating group) is 1.